The first kappa shape index (κ1) is 34.0. The van der Waals surface area contributed by atoms with Crippen LogP contribution in [0.1, 0.15) is 18.9 Å². The molecule has 4 aromatic carbocycles. The Kier molecular flexibility index (Phi) is 10.4. The lowest BCUT2D eigenvalue weighted by molar-refractivity contribution is -0.151. The third kappa shape index (κ3) is 7.85. The molecule has 4 aromatic rings. The Morgan fingerprint density at radius 3 is 2.19 bits per heavy atom. The molecular weight excluding hydrogens is 637 g/mol. The van der Waals surface area contributed by atoms with Gasteiger partial charge in [-0.15, -0.1) is 0 Å². The molecule has 0 spiro atoms. The summed E-state index contributed by atoms with van der Waals surface area (Å²) in [4.78, 5) is 23.4. The van der Waals surface area contributed by atoms with Crippen molar-refractivity contribution in [3.63, 3.8) is 0 Å². The first-order chi connectivity index (χ1) is 23.1. The molecule has 0 saturated carbocycles. The van der Waals surface area contributed by atoms with Gasteiger partial charge < -0.3 is 24.2 Å². The van der Waals surface area contributed by atoms with Crippen molar-refractivity contribution in [2.45, 2.75) is 35.4 Å². The van der Waals surface area contributed by atoms with Crippen LogP contribution in [-0.2, 0) is 15.7 Å². The molecule has 1 atom stereocenters. The highest BCUT2D eigenvalue weighted by molar-refractivity contribution is 7.99. The number of rotatable bonds is 11. The van der Waals surface area contributed by atoms with Crippen LogP contribution in [0.25, 0.3) is 10.8 Å². The normalized spacial score (nSPS) is 15.9. The first-order valence-corrected chi connectivity index (χ1v) is 17.1. The molecule has 0 bridgehead atoms. The van der Waals surface area contributed by atoms with Gasteiger partial charge in [-0.2, -0.15) is 13.2 Å². The molecule has 48 heavy (non-hydrogen) atoms. The molecule has 2 aliphatic rings. The van der Waals surface area contributed by atoms with Crippen LogP contribution in [0.15, 0.2) is 88.7 Å². The summed E-state index contributed by atoms with van der Waals surface area (Å²) in [5, 5.41) is 2.14. The molecule has 254 valence electrons. The largest absolute Gasteiger partial charge is 0.477 e. The predicted octanol–water partition coefficient (Wildman–Crippen LogP) is 7.55. The molecule has 1 unspecified atom stereocenters. The van der Waals surface area contributed by atoms with E-state index in [4.69, 9.17) is 9.47 Å². The molecule has 0 amide bonds. The zero-order valence-corrected chi connectivity index (χ0v) is 28.3. The monoisotopic (exact) mass is 678 g/mol. The van der Waals surface area contributed by atoms with Crippen LogP contribution in [0.5, 0.6) is 5.75 Å². The van der Waals surface area contributed by atoms with Gasteiger partial charge in [0.25, 0.3) is 0 Å². The number of esters is 1. The first-order valence-electron chi connectivity index (χ1n) is 16.3. The van der Waals surface area contributed by atoms with Crippen molar-refractivity contribution in [1.29, 1.82) is 0 Å². The van der Waals surface area contributed by atoms with Crippen LogP contribution < -0.4 is 14.5 Å². The van der Waals surface area contributed by atoms with Gasteiger partial charge in [-0.1, -0.05) is 48.2 Å². The number of piperazine rings is 1. The van der Waals surface area contributed by atoms with Gasteiger partial charge >= 0.3 is 12.1 Å². The van der Waals surface area contributed by atoms with E-state index < -0.39 is 23.8 Å². The average Bonchev–Trinajstić information content (AvgIpc) is 3.07. The molecule has 0 radical (unpaired) electrons. The van der Waals surface area contributed by atoms with Gasteiger partial charge in [0.15, 0.2) is 6.10 Å². The van der Waals surface area contributed by atoms with Crippen LogP contribution in [0.3, 0.4) is 0 Å². The molecule has 2 aliphatic heterocycles. The van der Waals surface area contributed by atoms with Crippen LogP contribution in [-0.4, -0.2) is 88.4 Å². The van der Waals surface area contributed by atoms with Gasteiger partial charge in [0.1, 0.15) is 12.4 Å². The Morgan fingerprint density at radius 2 is 1.48 bits per heavy atom. The molecule has 1 saturated heterocycles. The molecule has 6 rings (SSSR count). The summed E-state index contributed by atoms with van der Waals surface area (Å²) in [5.74, 6) is 0.242. The number of halogens is 3. The van der Waals surface area contributed by atoms with E-state index in [1.54, 1.807) is 13.0 Å². The predicted molar refractivity (Wildman–Crippen MR) is 186 cm³/mol. The van der Waals surface area contributed by atoms with E-state index in [-0.39, 0.29) is 6.61 Å². The smallest absolute Gasteiger partial charge is 0.416 e. The van der Waals surface area contributed by atoms with Crippen LogP contribution in [0.2, 0.25) is 0 Å². The number of hydrogen-bond donors (Lipinski definition) is 0. The highest BCUT2D eigenvalue weighted by Gasteiger charge is 2.33. The highest BCUT2D eigenvalue weighted by atomic mass is 32.2. The minimum atomic E-state index is -4.39. The van der Waals surface area contributed by atoms with E-state index in [1.165, 1.54) is 23.9 Å². The summed E-state index contributed by atoms with van der Waals surface area (Å²) in [6.45, 7) is 7.59. The summed E-state index contributed by atoms with van der Waals surface area (Å²) in [6.07, 6.45) is -4.32. The highest BCUT2D eigenvalue weighted by Crippen LogP contribution is 2.49. The molecule has 11 heteroatoms. The van der Waals surface area contributed by atoms with E-state index in [9.17, 15) is 18.0 Å². The zero-order valence-electron chi connectivity index (χ0n) is 27.5. The van der Waals surface area contributed by atoms with Gasteiger partial charge in [0, 0.05) is 63.2 Å². The molecule has 7 nitrogen and oxygen atoms in total. The number of nitrogens with zero attached hydrogens (tertiary/aromatic N) is 4. The van der Waals surface area contributed by atoms with Crippen molar-refractivity contribution in [3.05, 3.63) is 84.4 Å². The van der Waals surface area contributed by atoms with Crippen molar-refractivity contribution < 1.29 is 27.4 Å². The third-order valence-electron chi connectivity index (χ3n) is 8.87. The topological polar surface area (TPSA) is 48.5 Å². The Morgan fingerprint density at radius 1 is 0.833 bits per heavy atom. The number of carbonyl (C=O) groups excluding carboxylic acids is 1. The minimum Gasteiger partial charge on any atom is -0.477 e. The zero-order chi connectivity index (χ0) is 33.8. The van der Waals surface area contributed by atoms with Crippen molar-refractivity contribution in [2.75, 3.05) is 76.3 Å². The van der Waals surface area contributed by atoms with Crippen LogP contribution in [0.4, 0.5) is 30.2 Å². The summed E-state index contributed by atoms with van der Waals surface area (Å²) in [6, 6.07) is 24.0. The van der Waals surface area contributed by atoms with Crippen LogP contribution >= 0.6 is 11.8 Å². The number of para-hydroxylation sites is 1. The van der Waals surface area contributed by atoms with E-state index in [1.807, 2.05) is 72.4 Å². The van der Waals surface area contributed by atoms with Crippen molar-refractivity contribution in [2.24, 2.45) is 0 Å². The van der Waals surface area contributed by atoms with Crippen molar-refractivity contribution in [3.8, 4) is 5.75 Å². The number of ether oxygens (including phenoxy) is 2. The SMILES string of the molecule is CC(Oc1cc2ccccc2cc1N(C)C)C(=O)OCCN1CCN(CCCN2c3ccccc3Sc3ccc(C(F)(F)F)cc32)CC1. The second-order valence-corrected chi connectivity index (χ2v) is 13.5. The lowest BCUT2D eigenvalue weighted by Gasteiger charge is -2.36. The number of hydrogen-bond acceptors (Lipinski definition) is 8. The van der Waals surface area contributed by atoms with Gasteiger partial charge in [-0.05, 0) is 73.1 Å². The Labute approximate surface area is 284 Å². The number of alkyl halides is 3. The minimum absolute atomic E-state index is 0.288. The molecule has 1 fully saturated rings. The Bertz CT molecular complexity index is 1740. The molecule has 0 aromatic heterocycles. The van der Waals surface area contributed by atoms with Gasteiger partial charge in [0.05, 0.1) is 22.6 Å². The van der Waals surface area contributed by atoms with E-state index in [2.05, 4.69) is 21.9 Å². The third-order valence-corrected chi connectivity index (χ3v) is 10.0. The number of anilines is 3. The fourth-order valence-electron chi connectivity index (χ4n) is 6.22. The number of fused-ring (bicyclic) bond motifs is 3. The molecule has 2 heterocycles. The summed E-state index contributed by atoms with van der Waals surface area (Å²) in [7, 11) is 3.89. The molecule has 0 aliphatic carbocycles. The maximum Gasteiger partial charge on any atom is 0.416 e. The maximum absolute atomic E-state index is 13.6. The van der Waals surface area contributed by atoms with E-state index >= 15 is 0 Å². The second kappa shape index (κ2) is 14.7. The lowest BCUT2D eigenvalue weighted by Crippen LogP contribution is -2.48. The van der Waals surface area contributed by atoms with Gasteiger partial charge in [-0.3, -0.25) is 4.90 Å². The number of benzene rings is 4. The quantitative estimate of drug-likeness (QED) is 0.151. The average molecular weight is 679 g/mol. The Balaban J connectivity index is 0.955. The van der Waals surface area contributed by atoms with E-state index in [0.29, 0.717) is 24.5 Å². The lowest BCUT2D eigenvalue weighted by atomic mass is 10.1. The molecule has 0 N–H and O–H groups in total. The standard InChI is InChI=1S/C37H41F3N4O3S/c1-26(47-33-24-28-10-5-4-9-27(28)23-31(33)41(2)3)36(45)46-22-21-43-19-17-42(18-20-43)15-8-16-44-30-11-6-7-12-34(30)48-35-14-13-29(25-32(35)44)37(38,39)40/h4-7,9-14,23-26H,8,15-22H2,1-3H3. The fraction of sp³-hybridized carbons (Fsp3) is 0.378. The summed E-state index contributed by atoms with van der Waals surface area (Å²) in [5.41, 5.74) is 1.83. The van der Waals surface area contributed by atoms with Crippen LogP contribution in [0, 0.1) is 0 Å². The number of carbonyl (C=O) groups is 1. The Hall–Kier alpha value is -3.93. The van der Waals surface area contributed by atoms with Crippen molar-refractivity contribution >= 4 is 45.6 Å². The van der Waals surface area contributed by atoms with Crippen molar-refractivity contribution in [1.82, 2.24) is 9.80 Å². The maximum atomic E-state index is 13.6. The van der Waals surface area contributed by atoms with Gasteiger partial charge in [0.2, 0.25) is 0 Å². The van der Waals surface area contributed by atoms with Gasteiger partial charge in [-0.25, -0.2) is 4.79 Å². The van der Waals surface area contributed by atoms with E-state index in [0.717, 1.165) is 71.1 Å². The summed E-state index contributed by atoms with van der Waals surface area (Å²) < 4.78 is 52.3. The summed E-state index contributed by atoms with van der Waals surface area (Å²) >= 11 is 1.51. The second-order valence-electron chi connectivity index (χ2n) is 12.4. The molecular formula is C37H41F3N4O3S. The fourth-order valence-corrected chi connectivity index (χ4v) is 7.29.